The van der Waals surface area contributed by atoms with Crippen LogP contribution in [0.15, 0.2) is 30.3 Å². The Morgan fingerprint density at radius 2 is 1.57 bits per heavy atom. The molecular formula is C6H6Bi. The number of hydrogen-bond donors (Lipinski definition) is 0. The molecule has 0 heterocycles. The van der Waals surface area contributed by atoms with Gasteiger partial charge in [-0.2, -0.15) is 0 Å². The molecule has 1 radical (unpaired) electrons. The van der Waals surface area contributed by atoms with Crippen molar-refractivity contribution in [2.75, 3.05) is 0 Å². The molecule has 0 atom stereocenters. The first kappa shape index (κ1) is 5.24. The van der Waals surface area contributed by atoms with E-state index in [0.717, 1.165) is 0 Å². The van der Waals surface area contributed by atoms with Crippen molar-refractivity contribution in [1.82, 2.24) is 0 Å². The molecular weight excluding hydrogens is 281 g/mol. The van der Waals surface area contributed by atoms with Crippen molar-refractivity contribution >= 4 is 28.0 Å². The fourth-order valence-electron chi connectivity index (χ4n) is 0.438. The van der Waals surface area contributed by atoms with Gasteiger partial charge < -0.3 is 0 Å². The molecule has 0 nitrogen and oxygen atoms in total. The van der Waals surface area contributed by atoms with Crippen LogP contribution >= 0.6 is 0 Å². The minimum absolute atomic E-state index is 1.17. The number of benzene rings is 1. The first-order valence-corrected chi connectivity index (χ1v) is 4.10. The third-order valence-electron chi connectivity index (χ3n) is 0.774. The molecule has 0 bridgehead atoms. The molecule has 0 saturated carbocycles. The van der Waals surface area contributed by atoms with Gasteiger partial charge in [-0.05, 0) is 0 Å². The van der Waals surface area contributed by atoms with Gasteiger partial charge in [0.1, 0.15) is 0 Å². The average molecular weight is 287 g/mol. The molecule has 0 fully saturated rings. The SMILES string of the molecule is [BiH][c]1ccccc1. The van der Waals surface area contributed by atoms with Crippen molar-refractivity contribution < 1.29 is 0 Å². The van der Waals surface area contributed by atoms with Gasteiger partial charge in [0.25, 0.3) is 0 Å². The summed E-state index contributed by atoms with van der Waals surface area (Å²) in [6.07, 6.45) is 0. The third kappa shape index (κ3) is 1.56. The van der Waals surface area contributed by atoms with Crippen LogP contribution in [0.1, 0.15) is 0 Å². The molecule has 1 aromatic carbocycles. The van der Waals surface area contributed by atoms with Gasteiger partial charge >= 0.3 is 58.3 Å². The number of hydrogen-bond acceptors (Lipinski definition) is 0. The Morgan fingerprint density at radius 3 is 1.86 bits per heavy atom. The van der Waals surface area contributed by atoms with Gasteiger partial charge in [-0.15, -0.1) is 0 Å². The van der Waals surface area contributed by atoms with Crippen LogP contribution in [-0.4, -0.2) is 24.7 Å². The van der Waals surface area contributed by atoms with E-state index in [4.69, 9.17) is 0 Å². The second-order valence-corrected chi connectivity index (χ2v) is 3.61. The Balaban J connectivity index is 3.02. The van der Waals surface area contributed by atoms with Crippen LogP contribution in [0, 0.1) is 0 Å². The molecule has 1 heteroatoms. The predicted molar refractivity (Wildman–Crippen MR) is 33.2 cm³/mol. The fourth-order valence-corrected chi connectivity index (χ4v) is 1.19. The average Bonchev–Trinajstić information content (AvgIpc) is 1.69. The monoisotopic (exact) mass is 287 g/mol. The summed E-state index contributed by atoms with van der Waals surface area (Å²) in [5, 5.41) is 0. The van der Waals surface area contributed by atoms with E-state index in [1.54, 1.807) is 0 Å². The molecule has 0 aliphatic heterocycles. The van der Waals surface area contributed by atoms with Gasteiger partial charge in [-0.25, -0.2) is 0 Å². The predicted octanol–water partition coefficient (Wildman–Crippen LogP) is 0.213. The van der Waals surface area contributed by atoms with E-state index in [0.29, 0.717) is 0 Å². The molecule has 1 aromatic rings. The van der Waals surface area contributed by atoms with Crippen molar-refractivity contribution in [3.05, 3.63) is 30.3 Å². The Bertz CT molecular complexity index is 134. The van der Waals surface area contributed by atoms with Crippen LogP contribution in [0.3, 0.4) is 0 Å². The maximum absolute atomic E-state index is 2.15. The Morgan fingerprint density at radius 1 is 1.00 bits per heavy atom. The van der Waals surface area contributed by atoms with Crippen LogP contribution in [0.4, 0.5) is 0 Å². The van der Waals surface area contributed by atoms with Crippen LogP contribution < -0.4 is 3.27 Å². The molecule has 7 heavy (non-hydrogen) atoms. The van der Waals surface area contributed by atoms with E-state index in [1.807, 2.05) is 6.07 Å². The van der Waals surface area contributed by atoms with Crippen molar-refractivity contribution in [1.29, 1.82) is 0 Å². The van der Waals surface area contributed by atoms with Gasteiger partial charge in [0.2, 0.25) is 0 Å². The first-order chi connectivity index (χ1) is 3.39. The summed E-state index contributed by atoms with van der Waals surface area (Å²) >= 11 is 1.17. The summed E-state index contributed by atoms with van der Waals surface area (Å²) in [5.74, 6) is 0. The molecule has 0 aromatic heterocycles. The summed E-state index contributed by atoms with van der Waals surface area (Å²) in [7, 11) is 0. The summed E-state index contributed by atoms with van der Waals surface area (Å²) in [6, 6.07) is 10.5. The Hall–Kier alpha value is 0.103. The topological polar surface area (TPSA) is 0 Å². The van der Waals surface area contributed by atoms with Crippen LogP contribution in [0.25, 0.3) is 0 Å². The van der Waals surface area contributed by atoms with E-state index in [9.17, 15) is 0 Å². The van der Waals surface area contributed by atoms with E-state index in [1.165, 1.54) is 28.0 Å². The molecule has 0 aliphatic rings. The molecule has 0 N–H and O–H groups in total. The summed E-state index contributed by atoms with van der Waals surface area (Å²) in [5.41, 5.74) is 0. The second kappa shape index (κ2) is 2.42. The van der Waals surface area contributed by atoms with Gasteiger partial charge in [0.05, 0.1) is 0 Å². The summed E-state index contributed by atoms with van der Waals surface area (Å²) < 4.78 is 1.46. The fraction of sp³-hybridized carbons (Fsp3) is 0. The molecule has 0 amide bonds. The summed E-state index contributed by atoms with van der Waals surface area (Å²) in [4.78, 5) is 0. The minimum atomic E-state index is 1.17. The zero-order valence-corrected chi connectivity index (χ0v) is 7.77. The van der Waals surface area contributed by atoms with Crippen molar-refractivity contribution in [3.8, 4) is 0 Å². The van der Waals surface area contributed by atoms with Crippen molar-refractivity contribution in [2.24, 2.45) is 0 Å². The van der Waals surface area contributed by atoms with Gasteiger partial charge in [-0.1, -0.05) is 0 Å². The van der Waals surface area contributed by atoms with Crippen LogP contribution in [0.2, 0.25) is 0 Å². The maximum atomic E-state index is 2.15. The van der Waals surface area contributed by atoms with Gasteiger partial charge in [0.15, 0.2) is 0 Å². The molecule has 0 spiro atoms. The van der Waals surface area contributed by atoms with Crippen LogP contribution in [-0.2, 0) is 0 Å². The molecule has 0 unspecified atom stereocenters. The Labute approximate surface area is 58.4 Å². The standard InChI is InChI=1S/C6H5.Bi.H/c1-2-4-6-5-3-1;;/h1-5H;;. The van der Waals surface area contributed by atoms with E-state index >= 15 is 0 Å². The second-order valence-electron chi connectivity index (χ2n) is 1.37. The molecule has 0 saturated heterocycles. The molecule has 35 valence electrons. The van der Waals surface area contributed by atoms with Crippen LogP contribution in [0.5, 0.6) is 0 Å². The van der Waals surface area contributed by atoms with Crippen molar-refractivity contribution in [3.63, 3.8) is 0 Å². The van der Waals surface area contributed by atoms with E-state index in [2.05, 4.69) is 24.3 Å². The zero-order valence-electron chi connectivity index (χ0n) is 3.89. The number of rotatable bonds is 0. The molecule has 0 aliphatic carbocycles. The normalized spacial score (nSPS) is 8.71. The summed E-state index contributed by atoms with van der Waals surface area (Å²) in [6.45, 7) is 0. The van der Waals surface area contributed by atoms with E-state index in [-0.39, 0.29) is 0 Å². The third-order valence-corrected chi connectivity index (χ3v) is 2.07. The quantitative estimate of drug-likeness (QED) is 0.599. The Kier molecular flexibility index (Phi) is 1.81. The van der Waals surface area contributed by atoms with Crippen molar-refractivity contribution in [2.45, 2.75) is 0 Å². The van der Waals surface area contributed by atoms with E-state index < -0.39 is 0 Å². The van der Waals surface area contributed by atoms with Gasteiger partial charge in [0, 0.05) is 0 Å². The zero-order chi connectivity index (χ0) is 5.11. The van der Waals surface area contributed by atoms with Gasteiger partial charge in [-0.3, -0.25) is 0 Å². The first-order valence-electron chi connectivity index (χ1n) is 2.16. The molecule has 1 rings (SSSR count).